The number of pyridine rings is 2. The van der Waals surface area contributed by atoms with Crippen LogP contribution in [0.2, 0.25) is 19.6 Å². The van der Waals surface area contributed by atoms with E-state index in [1.807, 2.05) is 30.6 Å². The van der Waals surface area contributed by atoms with E-state index in [2.05, 4.69) is 76.5 Å². The van der Waals surface area contributed by atoms with E-state index in [1.54, 1.807) is 30.5 Å². The van der Waals surface area contributed by atoms with Crippen molar-refractivity contribution in [3.05, 3.63) is 109 Å². The minimum Gasteiger partial charge on any atom is -0.340 e. The van der Waals surface area contributed by atoms with Crippen LogP contribution in [0.1, 0.15) is 9.68 Å². The summed E-state index contributed by atoms with van der Waals surface area (Å²) in [6.07, 6.45) is 5.49. The van der Waals surface area contributed by atoms with Crippen molar-refractivity contribution in [2.24, 2.45) is 0 Å². The molecule has 0 atom stereocenters. The number of hydrogen-bond donors (Lipinski definition) is 0. The van der Waals surface area contributed by atoms with Crippen LogP contribution in [-0.2, 0) is 20.1 Å². The first-order chi connectivity index (χ1) is 17.6. The van der Waals surface area contributed by atoms with Gasteiger partial charge in [0.05, 0.1) is 13.7 Å². The summed E-state index contributed by atoms with van der Waals surface area (Å²) in [5, 5.41) is 5.13. The van der Waals surface area contributed by atoms with Crippen molar-refractivity contribution in [2.45, 2.75) is 26.5 Å². The fraction of sp³-hybridized carbons (Fsp3) is 0.133. The second-order valence-corrected chi connectivity index (χ2v) is 14.3. The molecule has 0 spiro atoms. The van der Waals surface area contributed by atoms with Crippen molar-refractivity contribution in [1.29, 1.82) is 0 Å². The fourth-order valence-electron chi connectivity index (χ4n) is 4.12. The second-order valence-electron chi connectivity index (χ2n) is 9.24. The molecule has 0 saturated carbocycles. The zero-order chi connectivity index (χ0) is 26.2. The third-order valence-electron chi connectivity index (χ3n) is 5.90. The second kappa shape index (κ2) is 10.2. The maximum Gasteiger partial charge on any atom is 0.0775 e. The van der Waals surface area contributed by atoms with E-state index in [1.165, 1.54) is 21.5 Å². The van der Waals surface area contributed by atoms with Crippen LogP contribution in [0.4, 0.5) is 0 Å². The van der Waals surface area contributed by atoms with Crippen molar-refractivity contribution in [3.8, 4) is 11.3 Å². The molecular formula is C30H27IrN3Si-2. The summed E-state index contributed by atoms with van der Waals surface area (Å²) >= 11 is 0. The average Bonchev–Trinajstić information content (AvgIpc) is 3.39. The summed E-state index contributed by atoms with van der Waals surface area (Å²) in [5.41, 5.74) is 3.64. The van der Waals surface area contributed by atoms with Crippen LogP contribution in [0.25, 0.3) is 38.6 Å². The Kier molecular flexibility index (Phi) is 6.20. The van der Waals surface area contributed by atoms with Gasteiger partial charge in [-0.3, -0.25) is 4.98 Å². The van der Waals surface area contributed by atoms with Gasteiger partial charge in [-0.25, -0.2) is 0 Å². The third-order valence-corrected chi connectivity index (χ3v) is 7.95. The van der Waals surface area contributed by atoms with Crippen LogP contribution in [0.15, 0.2) is 91.4 Å². The molecule has 3 heterocycles. The van der Waals surface area contributed by atoms with Crippen molar-refractivity contribution in [1.82, 2.24) is 14.4 Å². The minimum atomic E-state index is -2.15. The maximum absolute atomic E-state index is 7.44. The van der Waals surface area contributed by atoms with Crippen molar-refractivity contribution < 1.29 is 24.2 Å². The number of benzene rings is 3. The molecule has 0 fully saturated rings. The maximum atomic E-state index is 7.44. The largest absolute Gasteiger partial charge is 0.340 e. The van der Waals surface area contributed by atoms with Crippen LogP contribution >= 0.6 is 0 Å². The van der Waals surface area contributed by atoms with E-state index < -0.39 is 14.9 Å². The quantitative estimate of drug-likeness (QED) is 0.117. The van der Waals surface area contributed by atoms with Gasteiger partial charge >= 0.3 is 0 Å². The van der Waals surface area contributed by atoms with Gasteiger partial charge in [-0.05, 0) is 30.1 Å². The third kappa shape index (κ3) is 4.99. The summed E-state index contributed by atoms with van der Waals surface area (Å²) in [6.45, 7) is 5.02. The van der Waals surface area contributed by atoms with Gasteiger partial charge in [0, 0.05) is 48.3 Å². The normalized spacial score (nSPS) is 12.8. The number of rotatable bonds is 2. The van der Waals surface area contributed by atoms with Crippen molar-refractivity contribution in [3.63, 3.8) is 0 Å². The first-order valence-electron chi connectivity index (χ1n) is 12.8. The van der Waals surface area contributed by atoms with Gasteiger partial charge in [0.25, 0.3) is 0 Å². The molecule has 5 heteroatoms. The number of aromatic nitrogens is 3. The Morgan fingerprint density at radius 2 is 1.71 bits per heavy atom. The molecule has 0 saturated heterocycles. The Hall–Kier alpha value is -3.11. The smallest absolute Gasteiger partial charge is 0.0775 e. The van der Waals surface area contributed by atoms with Crippen LogP contribution < -0.4 is 5.19 Å². The van der Waals surface area contributed by atoms with Crippen LogP contribution in [0.5, 0.6) is 0 Å². The van der Waals surface area contributed by atoms with Gasteiger partial charge in [0.2, 0.25) is 0 Å². The first-order valence-corrected chi connectivity index (χ1v) is 14.8. The summed E-state index contributed by atoms with van der Waals surface area (Å²) in [6, 6.07) is 29.9. The summed E-state index contributed by atoms with van der Waals surface area (Å²) < 4.78 is 24.5. The topological polar surface area (TPSA) is 30.2 Å². The number of imidazole rings is 1. The van der Waals surface area contributed by atoms with Gasteiger partial charge in [0.1, 0.15) is 0 Å². The Labute approximate surface area is 225 Å². The number of hydrogen-bond acceptors (Lipinski definition) is 2. The van der Waals surface area contributed by atoms with Crippen LogP contribution in [0.3, 0.4) is 0 Å². The van der Waals surface area contributed by atoms with E-state index in [4.69, 9.17) is 4.11 Å². The van der Waals surface area contributed by atoms with Gasteiger partial charge < -0.3 is 9.38 Å². The SMILES string of the molecule is C[Si](C)(C)c1ccc2c(c1)c1ccc[c-]c1c1nccn21.[2H]C([2H])([2H])c1cccnc1-c1[c-]cccc1.[Ir]. The number of fused-ring (bicyclic) bond motifs is 6. The molecule has 0 bridgehead atoms. The molecule has 177 valence electrons. The molecule has 0 N–H and O–H groups in total. The van der Waals surface area contributed by atoms with Crippen molar-refractivity contribution >= 4 is 40.6 Å². The molecule has 1 radical (unpaired) electrons. The molecule has 6 aromatic rings. The monoisotopic (exact) mass is 653 g/mol. The van der Waals surface area contributed by atoms with E-state index in [-0.39, 0.29) is 25.7 Å². The summed E-state index contributed by atoms with van der Waals surface area (Å²) in [5.74, 6) is 0. The minimum absolute atomic E-state index is 0. The molecule has 3 aromatic carbocycles. The molecule has 6 rings (SSSR count). The number of aryl methyl sites for hydroxylation is 1. The molecule has 0 aliphatic heterocycles. The Bertz CT molecular complexity index is 1710. The zero-order valence-corrected chi connectivity index (χ0v) is 23.2. The van der Waals surface area contributed by atoms with Gasteiger partial charge in [0.15, 0.2) is 0 Å². The molecule has 0 unspecified atom stereocenters. The Balaban J connectivity index is 0.000000179. The van der Waals surface area contributed by atoms with Gasteiger partial charge in [-0.1, -0.05) is 54.0 Å². The fourth-order valence-corrected chi connectivity index (χ4v) is 5.28. The van der Waals surface area contributed by atoms with E-state index in [9.17, 15) is 0 Å². The Morgan fingerprint density at radius 1 is 0.857 bits per heavy atom. The summed E-state index contributed by atoms with van der Waals surface area (Å²) in [4.78, 5) is 8.63. The molecule has 3 nitrogen and oxygen atoms in total. The summed E-state index contributed by atoms with van der Waals surface area (Å²) in [7, 11) is -1.32. The standard InChI is InChI=1S/C18H17N2Si.C12H10N.Ir/c1-21(2,3)13-8-9-17-16(12-13)14-6-4-5-7-15(14)18-19-10-11-20(17)18;1-10-6-5-9-13-12(10)11-7-3-2-4-8-11;/h4-6,8-12H,1-3H3;2-7,9H,1H3;/q2*-1;/i;1D3;. The predicted molar refractivity (Wildman–Crippen MR) is 145 cm³/mol. The molecule has 0 amide bonds. The van der Waals surface area contributed by atoms with Crippen molar-refractivity contribution in [2.75, 3.05) is 0 Å². The predicted octanol–water partition coefficient (Wildman–Crippen LogP) is 6.84. The molecular weight excluding hydrogens is 623 g/mol. The van der Waals surface area contributed by atoms with E-state index in [0.29, 0.717) is 11.3 Å². The Morgan fingerprint density at radius 3 is 2.49 bits per heavy atom. The average molecular weight is 653 g/mol. The van der Waals surface area contributed by atoms with Gasteiger partial charge in [-0.2, -0.15) is 0 Å². The molecule has 0 aliphatic carbocycles. The van der Waals surface area contributed by atoms with Crippen LogP contribution in [-0.4, -0.2) is 22.4 Å². The molecule has 0 aliphatic rings. The van der Waals surface area contributed by atoms with Crippen LogP contribution in [0, 0.1) is 19.0 Å². The first kappa shape index (κ1) is 21.2. The molecule has 3 aromatic heterocycles. The van der Waals surface area contributed by atoms with E-state index in [0.717, 1.165) is 11.0 Å². The van der Waals surface area contributed by atoms with Gasteiger partial charge in [-0.15, -0.1) is 65.5 Å². The van der Waals surface area contributed by atoms with E-state index >= 15 is 0 Å². The number of nitrogens with zero attached hydrogens (tertiary/aromatic N) is 3. The molecule has 35 heavy (non-hydrogen) atoms. The zero-order valence-electron chi connectivity index (χ0n) is 22.8.